The molecule has 3 aromatic rings. The Balaban J connectivity index is 1.46. The first kappa shape index (κ1) is 26.8. The van der Waals surface area contributed by atoms with Crippen LogP contribution in [0.15, 0.2) is 29.4 Å². The van der Waals surface area contributed by atoms with Crippen molar-refractivity contribution in [2.24, 2.45) is 5.92 Å². The van der Waals surface area contributed by atoms with E-state index in [1.165, 1.54) is 18.0 Å². The zero-order valence-electron chi connectivity index (χ0n) is 19.7. The van der Waals surface area contributed by atoms with Crippen LogP contribution in [0.3, 0.4) is 0 Å². The molecule has 0 spiro atoms. The number of rotatable bonds is 8. The molecular formula is C24H20ClF6N5OS. The van der Waals surface area contributed by atoms with Gasteiger partial charge in [0.25, 0.3) is 12.3 Å². The summed E-state index contributed by atoms with van der Waals surface area (Å²) in [5, 5.41) is 6.65. The van der Waals surface area contributed by atoms with Crippen LogP contribution >= 0.6 is 23.4 Å². The molecule has 202 valence electrons. The van der Waals surface area contributed by atoms with Gasteiger partial charge < -0.3 is 5.32 Å². The molecule has 2 aromatic heterocycles. The summed E-state index contributed by atoms with van der Waals surface area (Å²) in [6, 6.07) is 1.73. The highest BCUT2D eigenvalue weighted by atomic mass is 35.5. The number of hydrogen-bond donors (Lipinski definition) is 1. The number of halogens is 7. The maximum atomic E-state index is 15.1. The number of carbonyl (C=O) groups is 1. The fraction of sp³-hybridized carbons (Fsp3) is 0.417. The van der Waals surface area contributed by atoms with Crippen LogP contribution < -0.4 is 5.32 Å². The van der Waals surface area contributed by atoms with Gasteiger partial charge in [0.2, 0.25) is 5.91 Å². The Labute approximate surface area is 222 Å². The van der Waals surface area contributed by atoms with E-state index in [2.05, 4.69) is 20.4 Å². The maximum absolute atomic E-state index is 15.1. The van der Waals surface area contributed by atoms with Crippen LogP contribution in [-0.4, -0.2) is 31.9 Å². The summed E-state index contributed by atoms with van der Waals surface area (Å²) in [5.41, 5.74) is -1.36. The number of nitrogens with zero attached hydrogens (tertiary/aromatic N) is 4. The van der Waals surface area contributed by atoms with Crippen LogP contribution in [0.1, 0.15) is 59.4 Å². The number of thioether (sulfide) groups is 1. The van der Waals surface area contributed by atoms with Crippen molar-refractivity contribution in [1.29, 1.82) is 0 Å². The fourth-order valence-corrected chi connectivity index (χ4v) is 5.85. The highest BCUT2D eigenvalue weighted by Gasteiger charge is 2.62. The molecule has 1 fully saturated rings. The standard InChI is InChI=1S/C24H20ClF6N5OS/c1-38-17-8-32-19(22(25)34-17)15(6-10-4-11(26)7-12(27)5-10)33-16(37)9-36-21-18(20(35-36)23(28)29)13-2-3-14(13)24(21,30)31/h4-5,7-8,13-15,23H,2-3,6,9H2,1H3,(H,33,37). The van der Waals surface area contributed by atoms with E-state index in [-0.39, 0.29) is 34.8 Å². The summed E-state index contributed by atoms with van der Waals surface area (Å²) in [6.45, 7) is -0.786. The SMILES string of the molecule is CSc1cnc(C(Cc2cc(F)cc(F)c2)NC(=O)Cn2nc(C(F)F)c3c2C(F)(F)C2CCC32)c(Cl)n1. The molecule has 6 nitrogen and oxygen atoms in total. The van der Waals surface area contributed by atoms with E-state index < -0.39 is 65.7 Å². The van der Waals surface area contributed by atoms with E-state index in [1.807, 2.05) is 0 Å². The number of amides is 1. The lowest BCUT2D eigenvalue weighted by molar-refractivity contribution is -0.123. The minimum atomic E-state index is -3.40. The number of alkyl halides is 4. The van der Waals surface area contributed by atoms with Gasteiger partial charge in [0.05, 0.1) is 12.2 Å². The predicted octanol–water partition coefficient (Wildman–Crippen LogP) is 5.96. The number of carbonyl (C=O) groups excluding carboxylic acids is 1. The normalized spacial score (nSPS) is 20.1. The zero-order valence-corrected chi connectivity index (χ0v) is 21.3. The summed E-state index contributed by atoms with van der Waals surface area (Å²) >= 11 is 7.54. The third-order valence-electron chi connectivity index (χ3n) is 6.91. The average Bonchev–Trinajstić information content (AvgIpc) is 3.22. The number of aromatic nitrogens is 4. The first-order valence-corrected chi connectivity index (χ1v) is 13.2. The van der Waals surface area contributed by atoms with Crippen molar-refractivity contribution in [3.63, 3.8) is 0 Å². The molecule has 1 N–H and O–H groups in total. The van der Waals surface area contributed by atoms with Crippen LogP contribution in [0.2, 0.25) is 5.15 Å². The number of nitrogens with one attached hydrogen (secondary N) is 1. The van der Waals surface area contributed by atoms with Gasteiger partial charge in [-0.05, 0) is 49.1 Å². The summed E-state index contributed by atoms with van der Waals surface area (Å²) < 4.78 is 85.8. The second-order valence-corrected chi connectivity index (χ2v) is 10.4. The molecule has 38 heavy (non-hydrogen) atoms. The average molecular weight is 576 g/mol. The van der Waals surface area contributed by atoms with Crippen molar-refractivity contribution in [2.45, 2.75) is 55.1 Å². The molecule has 1 aromatic carbocycles. The third-order valence-corrected chi connectivity index (χ3v) is 7.81. The lowest BCUT2D eigenvalue weighted by Gasteiger charge is -2.34. The largest absolute Gasteiger partial charge is 0.346 e. The van der Waals surface area contributed by atoms with Gasteiger partial charge in [0.15, 0.2) is 5.15 Å². The van der Waals surface area contributed by atoms with Gasteiger partial charge in [-0.15, -0.1) is 11.8 Å². The molecular weight excluding hydrogens is 556 g/mol. The molecule has 3 unspecified atom stereocenters. The van der Waals surface area contributed by atoms with Gasteiger partial charge in [-0.3, -0.25) is 14.5 Å². The van der Waals surface area contributed by atoms with Gasteiger partial charge in [-0.2, -0.15) is 13.9 Å². The molecule has 14 heteroatoms. The Morgan fingerprint density at radius 1 is 1.21 bits per heavy atom. The van der Waals surface area contributed by atoms with Crippen molar-refractivity contribution >= 4 is 29.3 Å². The molecule has 2 aliphatic rings. The Kier molecular flexibility index (Phi) is 7.10. The smallest absolute Gasteiger partial charge is 0.293 e. The molecule has 0 radical (unpaired) electrons. The van der Waals surface area contributed by atoms with E-state index >= 15 is 8.78 Å². The molecule has 0 aliphatic heterocycles. The van der Waals surface area contributed by atoms with Crippen molar-refractivity contribution in [3.05, 3.63) is 69.4 Å². The van der Waals surface area contributed by atoms with E-state index in [1.54, 1.807) is 6.26 Å². The monoisotopic (exact) mass is 575 g/mol. The molecule has 2 heterocycles. The molecule has 1 saturated carbocycles. The van der Waals surface area contributed by atoms with Crippen LogP contribution in [0.25, 0.3) is 0 Å². The molecule has 0 bridgehead atoms. The third kappa shape index (κ3) is 4.74. The lowest BCUT2D eigenvalue weighted by atomic mass is 9.73. The van der Waals surface area contributed by atoms with Crippen molar-refractivity contribution in [1.82, 2.24) is 25.1 Å². The maximum Gasteiger partial charge on any atom is 0.293 e. The predicted molar refractivity (Wildman–Crippen MR) is 126 cm³/mol. The molecule has 3 atom stereocenters. The summed E-state index contributed by atoms with van der Waals surface area (Å²) in [7, 11) is 0. The van der Waals surface area contributed by atoms with Gasteiger partial charge >= 0.3 is 0 Å². The topological polar surface area (TPSA) is 72.7 Å². The van der Waals surface area contributed by atoms with Gasteiger partial charge in [-0.1, -0.05) is 11.6 Å². The van der Waals surface area contributed by atoms with Gasteiger partial charge in [0, 0.05) is 17.5 Å². The first-order valence-electron chi connectivity index (χ1n) is 11.6. The number of fused-ring (bicyclic) bond motifs is 3. The second kappa shape index (κ2) is 10.1. The number of hydrogen-bond acceptors (Lipinski definition) is 5. The summed E-state index contributed by atoms with van der Waals surface area (Å²) in [4.78, 5) is 21.5. The summed E-state index contributed by atoms with van der Waals surface area (Å²) in [5.74, 6) is -7.77. The molecule has 0 saturated heterocycles. The van der Waals surface area contributed by atoms with Crippen molar-refractivity contribution in [2.75, 3.05) is 6.26 Å². The van der Waals surface area contributed by atoms with Crippen LogP contribution in [0.4, 0.5) is 26.3 Å². The lowest BCUT2D eigenvalue weighted by Crippen LogP contribution is -2.36. The second-order valence-electron chi connectivity index (χ2n) is 9.21. The zero-order chi connectivity index (χ0) is 27.4. The fourth-order valence-electron chi connectivity index (χ4n) is 5.19. The van der Waals surface area contributed by atoms with E-state index in [4.69, 9.17) is 11.6 Å². The van der Waals surface area contributed by atoms with E-state index in [0.29, 0.717) is 22.2 Å². The Morgan fingerprint density at radius 2 is 1.92 bits per heavy atom. The van der Waals surface area contributed by atoms with Gasteiger partial charge in [-0.25, -0.2) is 22.5 Å². The Hall–Kier alpha value is -2.80. The highest BCUT2D eigenvalue weighted by molar-refractivity contribution is 7.98. The minimum Gasteiger partial charge on any atom is -0.346 e. The Bertz CT molecular complexity index is 1380. The van der Waals surface area contributed by atoms with E-state index in [9.17, 15) is 22.4 Å². The van der Waals surface area contributed by atoms with Crippen LogP contribution in [0, 0.1) is 17.6 Å². The minimum absolute atomic E-state index is 0.0739. The summed E-state index contributed by atoms with van der Waals surface area (Å²) in [6.07, 6.45) is 0.419. The van der Waals surface area contributed by atoms with Gasteiger partial charge in [0.1, 0.15) is 40.3 Å². The Morgan fingerprint density at radius 3 is 2.50 bits per heavy atom. The van der Waals surface area contributed by atoms with Crippen molar-refractivity contribution < 1.29 is 31.1 Å². The quantitative estimate of drug-likeness (QED) is 0.265. The van der Waals surface area contributed by atoms with Crippen molar-refractivity contribution in [3.8, 4) is 0 Å². The molecule has 2 aliphatic carbocycles. The molecule has 5 rings (SSSR count). The van der Waals surface area contributed by atoms with E-state index in [0.717, 1.165) is 12.1 Å². The molecule has 1 amide bonds. The van der Waals surface area contributed by atoms with Crippen LogP contribution in [0.5, 0.6) is 0 Å². The van der Waals surface area contributed by atoms with Crippen LogP contribution in [-0.2, 0) is 23.7 Å². The number of benzene rings is 1. The highest BCUT2D eigenvalue weighted by Crippen LogP contribution is 2.63. The first-order chi connectivity index (χ1) is 18.0.